The number of nitrogens with zero attached hydrogens (tertiary/aromatic N) is 3. The number of rotatable bonds is 5. The molecule has 2 aromatic rings. The molecule has 2 amide bonds. The van der Waals surface area contributed by atoms with Gasteiger partial charge >= 0.3 is 0 Å². The highest BCUT2D eigenvalue weighted by molar-refractivity contribution is 9.11. The number of sulfonamides is 1. The number of carbonyl (C=O) groups is 2. The lowest BCUT2D eigenvalue weighted by Gasteiger charge is -2.34. The summed E-state index contributed by atoms with van der Waals surface area (Å²) in [4.78, 5) is 28.7. The minimum atomic E-state index is -3.55. The van der Waals surface area contributed by atoms with Crippen LogP contribution in [0.25, 0.3) is 0 Å². The Morgan fingerprint density at radius 3 is 2.29 bits per heavy atom. The highest BCUT2D eigenvalue weighted by atomic mass is 79.9. The molecule has 1 saturated heterocycles. The highest BCUT2D eigenvalue weighted by Gasteiger charge is 2.30. The lowest BCUT2D eigenvalue weighted by Crippen LogP contribution is -2.52. The van der Waals surface area contributed by atoms with Crippen LogP contribution in [0.5, 0.6) is 0 Å². The number of likely N-dealkylation sites (N-methyl/N-ethyl adjacent to an activating group) is 1. The molecule has 1 fully saturated rings. The molecule has 0 N–H and O–H groups in total. The van der Waals surface area contributed by atoms with Crippen molar-refractivity contribution < 1.29 is 18.0 Å². The summed E-state index contributed by atoms with van der Waals surface area (Å²) in [6.45, 7) is 1.03. The summed E-state index contributed by atoms with van der Waals surface area (Å²) < 4.78 is 27.6. The smallest absolute Gasteiger partial charge is 0.264 e. The number of benzene rings is 1. The van der Waals surface area contributed by atoms with Gasteiger partial charge in [0.15, 0.2) is 0 Å². The lowest BCUT2D eigenvalue weighted by molar-refractivity contribution is -0.132. The molecule has 0 radical (unpaired) electrons. The summed E-state index contributed by atoms with van der Waals surface area (Å²) in [6.07, 6.45) is 0. The fourth-order valence-electron chi connectivity index (χ4n) is 2.91. The second-order valence-corrected chi connectivity index (χ2v) is 10.8. The van der Waals surface area contributed by atoms with Gasteiger partial charge in [0.1, 0.15) is 0 Å². The van der Waals surface area contributed by atoms with E-state index in [4.69, 9.17) is 0 Å². The fraction of sp³-hybridized carbons (Fsp3) is 0.333. The van der Waals surface area contributed by atoms with Gasteiger partial charge in [0.05, 0.1) is 20.1 Å². The Balaban J connectivity index is 1.56. The highest BCUT2D eigenvalue weighted by Crippen LogP contribution is 2.23. The van der Waals surface area contributed by atoms with E-state index in [9.17, 15) is 18.0 Å². The number of halogens is 1. The molecule has 10 heteroatoms. The zero-order chi connectivity index (χ0) is 20.3. The molecule has 0 saturated carbocycles. The molecule has 28 heavy (non-hydrogen) atoms. The van der Waals surface area contributed by atoms with Crippen LogP contribution in [-0.4, -0.2) is 74.1 Å². The molecule has 3 rings (SSSR count). The number of carbonyl (C=O) groups excluding carboxylic acids is 2. The van der Waals surface area contributed by atoms with Crippen molar-refractivity contribution in [2.75, 3.05) is 39.8 Å². The van der Waals surface area contributed by atoms with Gasteiger partial charge in [0.25, 0.3) is 5.91 Å². The van der Waals surface area contributed by atoms with Crippen molar-refractivity contribution >= 4 is 49.1 Å². The van der Waals surface area contributed by atoms with Crippen molar-refractivity contribution in [3.05, 3.63) is 51.1 Å². The average Bonchev–Trinajstić information content (AvgIpc) is 3.14. The van der Waals surface area contributed by atoms with Gasteiger partial charge in [0, 0.05) is 33.2 Å². The van der Waals surface area contributed by atoms with Crippen LogP contribution in [0.4, 0.5) is 0 Å². The van der Waals surface area contributed by atoms with Crippen LogP contribution in [0, 0.1) is 0 Å². The normalized spacial score (nSPS) is 15.4. The number of thiophene rings is 1. The zero-order valence-corrected chi connectivity index (χ0v) is 18.5. The molecule has 1 aliphatic rings. The summed E-state index contributed by atoms with van der Waals surface area (Å²) in [5, 5.41) is 0. The Labute approximate surface area is 176 Å². The number of hydrogen-bond donors (Lipinski definition) is 0. The predicted molar refractivity (Wildman–Crippen MR) is 111 cm³/mol. The fourth-order valence-corrected chi connectivity index (χ4v) is 5.74. The van der Waals surface area contributed by atoms with E-state index in [0.29, 0.717) is 18.0 Å². The van der Waals surface area contributed by atoms with Crippen LogP contribution in [0.2, 0.25) is 0 Å². The average molecular weight is 486 g/mol. The number of piperazine rings is 1. The van der Waals surface area contributed by atoms with E-state index < -0.39 is 10.0 Å². The van der Waals surface area contributed by atoms with Gasteiger partial charge in [-0.25, -0.2) is 8.42 Å². The Hall–Kier alpha value is -1.75. The Morgan fingerprint density at radius 2 is 1.71 bits per heavy atom. The number of hydrogen-bond acceptors (Lipinski definition) is 5. The van der Waals surface area contributed by atoms with Crippen LogP contribution in [0.1, 0.15) is 9.67 Å². The van der Waals surface area contributed by atoms with E-state index in [1.54, 1.807) is 54.4 Å². The van der Waals surface area contributed by atoms with Crippen molar-refractivity contribution in [3.8, 4) is 0 Å². The van der Waals surface area contributed by atoms with Crippen molar-refractivity contribution in [3.63, 3.8) is 0 Å². The zero-order valence-electron chi connectivity index (χ0n) is 15.2. The quantitative estimate of drug-likeness (QED) is 0.649. The predicted octanol–water partition coefficient (Wildman–Crippen LogP) is 2.12. The molecule has 0 atom stereocenters. The standard InChI is InChI=1S/C18H20BrN3O4S2/c1-20(18(24)15-7-8-16(19)27-15)13-17(23)21-9-11-22(12-10-21)28(25,26)14-5-3-2-4-6-14/h2-8H,9-13H2,1H3. The van der Waals surface area contributed by atoms with Gasteiger partial charge in [0.2, 0.25) is 15.9 Å². The van der Waals surface area contributed by atoms with Crippen LogP contribution < -0.4 is 0 Å². The molecule has 2 heterocycles. The van der Waals surface area contributed by atoms with E-state index in [-0.39, 0.29) is 36.3 Å². The maximum absolute atomic E-state index is 12.7. The third-order valence-corrected chi connectivity index (χ3v) is 8.00. The molecule has 1 aromatic carbocycles. The third-order valence-electron chi connectivity index (χ3n) is 4.48. The molecule has 0 spiro atoms. The molecular formula is C18H20BrN3O4S2. The monoisotopic (exact) mass is 485 g/mol. The molecule has 7 nitrogen and oxygen atoms in total. The topological polar surface area (TPSA) is 78.0 Å². The van der Waals surface area contributed by atoms with Gasteiger partial charge in [-0.2, -0.15) is 4.31 Å². The van der Waals surface area contributed by atoms with Gasteiger partial charge < -0.3 is 9.80 Å². The van der Waals surface area contributed by atoms with Crippen LogP contribution in [0.15, 0.2) is 51.1 Å². The Bertz CT molecular complexity index is 954. The van der Waals surface area contributed by atoms with E-state index in [0.717, 1.165) is 3.79 Å². The SMILES string of the molecule is CN(CC(=O)N1CCN(S(=O)(=O)c2ccccc2)CC1)C(=O)c1ccc(Br)s1. The Kier molecular flexibility index (Phi) is 6.54. The second-order valence-electron chi connectivity index (χ2n) is 6.36. The van der Waals surface area contributed by atoms with E-state index in [1.165, 1.54) is 20.5 Å². The largest absolute Gasteiger partial charge is 0.339 e. The van der Waals surface area contributed by atoms with Gasteiger partial charge in [-0.1, -0.05) is 18.2 Å². The van der Waals surface area contributed by atoms with E-state index >= 15 is 0 Å². The molecule has 150 valence electrons. The third kappa shape index (κ3) is 4.62. The van der Waals surface area contributed by atoms with Crippen LogP contribution in [-0.2, 0) is 14.8 Å². The maximum atomic E-state index is 12.7. The first kappa shape index (κ1) is 21.0. The van der Waals surface area contributed by atoms with Gasteiger partial charge in [-0.05, 0) is 40.2 Å². The summed E-state index contributed by atoms with van der Waals surface area (Å²) >= 11 is 4.64. The molecule has 0 bridgehead atoms. The van der Waals surface area contributed by atoms with Crippen molar-refractivity contribution in [2.45, 2.75) is 4.90 Å². The molecule has 0 unspecified atom stereocenters. The molecular weight excluding hydrogens is 466 g/mol. The maximum Gasteiger partial charge on any atom is 0.264 e. The summed E-state index contributed by atoms with van der Waals surface area (Å²) in [7, 11) is -1.97. The summed E-state index contributed by atoms with van der Waals surface area (Å²) in [5.41, 5.74) is 0. The minimum absolute atomic E-state index is 0.0419. The van der Waals surface area contributed by atoms with Crippen molar-refractivity contribution in [2.24, 2.45) is 0 Å². The summed E-state index contributed by atoms with van der Waals surface area (Å²) in [5.74, 6) is -0.405. The molecule has 1 aromatic heterocycles. The first-order valence-corrected chi connectivity index (χ1v) is 11.7. The van der Waals surface area contributed by atoms with Crippen molar-refractivity contribution in [1.29, 1.82) is 0 Å². The first-order valence-electron chi connectivity index (χ1n) is 8.63. The van der Waals surface area contributed by atoms with Gasteiger partial charge in [-0.15, -0.1) is 11.3 Å². The molecule has 0 aliphatic carbocycles. The Morgan fingerprint density at radius 1 is 1.07 bits per heavy atom. The number of amides is 2. The van der Waals surface area contributed by atoms with Crippen molar-refractivity contribution in [1.82, 2.24) is 14.1 Å². The minimum Gasteiger partial charge on any atom is -0.339 e. The van der Waals surface area contributed by atoms with E-state index in [1.807, 2.05) is 0 Å². The first-order chi connectivity index (χ1) is 13.3. The summed E-state index contributed by atoms with van der Waals surface area (Å²) in [6, 6.07) is 11.8. The van der Waals surface area contributed by atoms with Gasteiger partial charge in [-0.3, -0.25) is 9.59 Å². The van der Waals surface area contributed by atoms with E-state index in [2.05, 4.69) is 15.9 Å². The molecule has 1 aliphatic heterocycles. The second kappa shape index (κ2) is 8.73. The van der Waals surface area contributed by atoms with Crippen LogP contribution in [0.3, 0.4) is 0 Å². The van der Waals surface area contributed by atoms with Crippen LogP contribution >= 0.6 is 27.3 Å². The lowest BCUT2D eigenvalue weighted by atomic mass is 10.3.